The van der Waals surface area contributed by atoms with Crippen LogP contribution in [0, 0.1) is 30.0 Å². The first-order valence-electron chi connectivity index (χ1n) is 12.1. The van der Waals surface area contributed by atoms with E-state index in [1.165, 1.54) is 50.7 Å². The summed E-state index contributed by atoms with van der Waals surface area (Å²) in [6.07, 6.45) is 7.86. The molecule has 3 aliphatic rings. The van der Waals surface area contributed by atoms with Crippen molar-refractivity contribution in [3.63, 3.8) is 0 Å². The minimum Gasteiger partial charge on any atom is -0.368 e. The van der Waals surface area contributed by atoms with Crippen molar-refractivity contribution in [3.05, 3.63) is 46.4 Å². The predicted octanol–water partition coefficient (Wildman–Crippen LogP) is 4.02. The molecule has 1 aromatic heterocycles. The van der Waals surface area contributed by atoms with Crippen LogP contribution in [0.3, 0.4) is 0 Å². The average molecular weight is 440 g/mol. The third kappa shape index (κ3) is 4.39. The van der Waals surface area contributed by atoms with Crippen LogP contribution >= 0.6 is 0 Å². The summed E-state index contributed by atoms with van der Waals surface area (Å²) in [7, 11) is 0. The topological polar surface area (TPSA) is 54.3 Å². The Labute approximate surface area is 189 Å². The van der Waals surface area contributed by atoms with E-state index in [1.807, 2.05) is 19.1 Å². The summed E-state index contributed by atoms with van der Waals surface area (Å²) in [5, 5.41) is 0. The predicted molar refractivity (Wildman–Crippen MR) is 125 cm³/mol. The number of benzene rings is 1. The van der Waals surface area contributed by atoms with E-state index in [-0.39, 0.29) is 16.9 Å². The van der Waals surface area contributed by atoms with Crippen LogP contribution in [0.5, 0.6) is 0 Å². The molecule has 5 rings (SSSR count). The van der Waals surface area contributed by atoms with Gasteiger partial charge < -0.3 is 9.80 Å². The van der Waals surface area contributed by atoms with Gasteiger partial charge in [-0.15, -0.1) is 0 Å². The molecule has 7 heteroatoms. The summed E-state index contributed by atoms with van der Waals surface area (Å²) in [5.41, 5.74) is 1.00. The molecule has 0 amide bonds. The highest BCUT2D eigenvalue weighted by Gasteiger charge is 2.39. The van der Waals surface area contributed by atoms with Gasteiger partial charge in [0.15, 0.2) is 0 Å². The van der Waals surface area contributed by atoms with Gasteiger partial charge in [0.2, 0.25) is 5.95 Å². The van der Waals surface area contributed by atoms with Crippen LogP contribution in [0.1, 0.15) is 51.3 Å². The third-order valence-corrected chi connectivity index (χ3v) is 7.83. The maximum atomic E-state index is 13.2. The van der Waals surface area contributed by atoms with E-state index in [2.05, 4.69) is 21.7 Å². The first-order valence-corrected chi connectivity index (χ1v) is 12.1. The average Bonchev–Trinajstić information content (AvgIpc) is 2.76. The van der Waals surface area contributed by atoms with Gasteiger partial charge in [-0.1, -0.05) is 26.2 Å². The molecule has 1 aliphatic heterocycles. The number of hydrogen-bond acceptors (Lipinski definition) is 5. The van der Waals surface area contributed by atoms with Gasteiger partial charge in [0.25, 0.3) is 0 Å². The summed E-state index contributed by atoms with van der Waals surface area (Å²) >= 11 is 0. The largest absolute Gasteiger partial charge is 0.368 e. The minimum atomic E-state index is -0.220. The van der Waals surface area contributed by atoms with Gasteiger partial charge in [0.05, 0.1) is 0 Å². The zero-order chi connectivity index (χ0) is 22.3. The molecule has 3 fully saturated rings. The minimum absolute atomic E-state index is 0.161. The number of hydrogen-bond donors (Lipinski definition) is 0. The molecule has 0 radical (unpaired) electrons. The summed E-state index contributed by atoms with van der Waals surface area (Å²) in [5.74, 6) is 2.72. The first-order chi connectivity index (χ1) is 15.4. The fourth-order valence-electron chi connectivity index (χ4n) is 6.42. The number of anilines is 2. The molecule has 0 N–H and O–H groups in total. The van der Waals surface area contributed by atoms with Crippen molar-refractivity contribution in [2.75, 3.05) is 36.0 Å². The van der Waals surface area contributed by atoms with Gasteiger partial charge in [-0.25, -0.2) is 9.18 Å². The Morgan fingerprint density at radius 3 is 2.25 bits per heavy atom. The highest BCUT2D eigenvalue weighted by Crippen LogP contribution is 2.49. The van der Waals surface area contributed by atoms with E-state index < -0.39 is 0 Å². The molecule has 6 nitrogen and oxygen atoms in total. The van der Waals surface area contributed by atoms with E-state index in [4.69, 9.17) is 4.98 Å². The molecule has 2 aliphatic carbocycles. The Morgan fingerprint density at radius 2 is 1.62 bits per heavy atom. The lowest BCUT2D eigenvalue weighted by Crippen LogP contribution is -2.48. The first kappa shape index (κ1) is 21.4. The summed E-state index contributed by atoms with van der Waals surface area (Å²) in [6.45, 7) is 8.07. The smallest absolute Gasteiger partial charge is 0.352 e. The van der Waals surface area contributed by atoms with Crippen LogP contribution in [0.25, 0.3) is 0 Å². The van der Waals surface area contributed by atoms with E-state index in [9.17, 15) is 9.18 Å². The summed E-state index contributed by atoms with van der Waals surface area (Å²) < 4.78 is 15.0. The molecular formula is C25H34FN5O. The Morgan fingerprint density at radius 1 is 1.00 bits per heavy atom. The lowest BCUT2D eigenvalue weighted by Gasteiger charge is -2.45. The van der Waals surface area contributed by atoms with Crippen molar-refractivity contribution in [3.8, 4) is 0 Å². The molecule has 32 heavy (non-hydrogen) atoms. The molecule has 1 aromatic carbocycles. The van der Waals surface area contributed by atoms with E-state index >= 15 is 0 Å². The van der Waals surface area contributed by atoms with Gasteiger partial charge >= 0.3 is 5.69 Å². The van der Waals surface area contributed by atoms with Crippen molar-refractivity contribution in [2.45, 2.75) is 58.9 Å². The molecule has 2 bridgehead atoms. The second-order valence-corrected chi connectivity index (χ2v) is 10.5. The van der Waals surface area contributed by atoms with Crippen molar-refractivity contribution in [1.29, 1.82) is 0 Å². The Bertz CT molecular complexity index is 1000. The number of fused-ring (bicyclic) bond motifs is 2. The van der Waals surface area contributed by atoms with E-state index in [0.717, 1.165) is 56.1 Å². The quantitative estimate of drug-likeness (QED) is 0.720. The van der Waals surface area contributed by atoms with E-state index in [0.29, 0.717) is 5.95 Å². The maximum absolute atomic E-state index is 13.2. The van der Waals surface area contributed by atoms with Crippen LogP contribution in [-0.4, -0.2) is 40.7 Å². The van der Waals surface area contributed by atoms with Crippen LogP contribution < -0.4 is 15.5 Å². The molecule has 2 saturated carbocycles. The lowest BCUT2D eigenvalue weighted by molar-refractivity contribution is 0.0533. The number of aryl methyl sites for hydroxylation is 1. The maximum Gasteiger partial charge on any atom is 0.352 e. The second-order valence-electron chi connectivity index (χ2n) is 10.5. The highest BCUT2D eigenvalue weighted by molar-refractivity contribution is 5.48. The van der Waals surface area contributed by atoms with Crippen LogP contribution in [0.2, 0.25) is 0 Å². The standard InChI is InChI=1S/C25H34FN5O/c1-18-27-23(30-12-10-29(11-13-30)22-8-6-21(26)7-9-22)28-24(32)31(18)17-25(2)15-19-4-3-5-20(14-19)16-25/h6-9,19-20H,3-5,10-17H2,1-2H3. The molecule has 1 saturated heterocycles. The lowest BCUT2D eigenvalue weighted by atomic mass is 9.61. The van der Waals surface area contributed by atoms with Gasteiger partial charge in [-0.05, 0) is 67.7 Å². The monoisotopic (exact) mass is 439 g/mol. The number of nitrogens with zero attached hydrogens (tertiary/aromatic N) is 5. The van der Waals surface area contributed by atoms with Crippen LogP contribution in [-0.2, 0) is 6.54 Å². The number of rotatable bonds is 4. The third-order valence-electron chi connectivity index (χ3n) is 7.83. The molecular weight excluding hydrogens is 405 g/mol. The SMILES string of the molecule is Cc1nc(N2CCN(c3ccc(F)cc3)CC2)nc(=O)n1CC1(C)CC2CCCC(C2)C1. The Balaban J connectivity index is 1.27. The molecule has 172 valence electrons. The zero-order valence-electron chi connectivity index (χ0n) is 19.3. The van der Waals surface area contributed by atoms with Crippen molar-refractivity contribution < 1.29 is 4.39 Å². The van der Waals surface area contributed by atoms with Gasteiger partial charge in [-0.3, -0.25) is 4.57 Å². The van der Waals surface area contributed by atoms with Crippen LogP contribution in [0.4, 0.5) is 16.0 Å². The zero-order valence-corrected chi connectivity index (χ0v) is 19.3. The molecule has 2 unspecified atom stereocenters. The normalized spacial score (nSPS) is 28.1. The fraction of sp³-hybridized carbons (Fsp3) is 0.640. The number of halogens is 1. The molecule has 2 aromatic rings. The van der Waals surface area contributed by atoms with E-state index in [1.54, 1.807) is 4.57 Å². The van der Waals surface area contributed by atoms with Gasteiger partial charge in [0.1, 0.15) is 11.6 Å². The van der Waals surface area contributed by atoms with Crippen LogP contribution in [0.15, 0.2) is 29.1 Å². The Hall–Kier alpha value is -2.44. The second kappa shape index (κ2) is 8.49. The van der Waals surface area contributed by atoms with Gasteiger partial charge in [0, 0.05) is 38.4 Å². The number of aromatic nitrogens is 3. The molecule has 2 atom stereocenters. The molecule has 0 spiro atoms. The number of piperazine rings is 1. The fourth-order valence-corrected chi connectivity index (χ4v) is 6.42. The summed E-state index contributed by atoms with van der Waals surface area (Å²) in [4.78, 5) is 26.5. The Kier molecular flexibility index (Phi) is 5.68. The van der Waals surface area contributed by atoms with Gasteiger partial charge in [-0.2, -0.15) is 9.97 Å². The van der Waals surface area contributed by atoms with Crippen molar-refractivity contribution >= 4 is 11.6 Å². The molecule has 2 heterocycles. The van der Waals surface area contributed by atoms with Crippen molar-refractivity contribution in [1.82, 2.24) is 14.5 Å². The summed E-state index contributed by atoms with van der Waals surface area (Å²) in [6, 6.07) is 6.61. The highest BCUT2D eigenvalue weighted by atomic mass is 19.1. The van der Waals surface area contributed by atoms with Crippen molar-refractivity contribution in [2.24, 2.45) is 17.3 Å².